The van der Waals surface area contributed by atoms with E-state index in [0.29, 0.717) is 17.8 Å². The van der Waals surface area contributed by atoms with Gasteiger partial charge in [-0.3, -0.25) is 4.79 Å². The zero-order valence-electron chi connectivity index (χ0n) is 14.9. The molecule has 4 aliphatic carbocycles. The number of aliphatic hydroxyl groups is 1. The van der Waals surface area contributed by atoms with E-state index in [1.807, 2.05) is 12.2 Å². The molecule has 7 atom stereocenters. The number of esters is 1. The van der Waals surface area contributed by atoms with Gasteiger partial charge >= 0.3 is 5.97 Å². The highest BCUT2D eigenvalue weighted by Gasteiger charge is 2.58. The minimum atomic E-state index is -0.456. The van der Waals surface area contributed by atoms with Crippen LogP contribution in [0.4, 0.5) is 0 Å². The van der Waals surface area contributed by atoms with Crippen LogP contribution in [0.3, 0.4) is 0 Å². The van der Waals surface area contributed by atoms with E-state index in [1.54, 1.807) is 0 Å². The summed E-state index contributed by atoms with van der Waals surface area (Å²) in [5.41, 5.74) is 1.39. The lowest BCUT2D eigenvalue weighted by Gasteiger charge is -2.54. The van der Waals surface area contributed by atoms with Crippen LogP contribution in [-0.4, -0.2) is 23.3 Å². The number of allylic oxidation sites excluding steroid dienone is 4. The van der Waals surface area contributed by atoms with Gasteiger partial charge in [-0.15, -0.1) is 0 Å². The Labute approximate surface area is 144 Å². The molecule has 0 saturated heterocycles. The maximum Gasteiger partial charge on any atom is 0.302 e. The molecule has 1 N–H and O–H groups in total. The van der Waals surface area contributed by atoms with E-state index >= 15 is 0 Å². The maximum atomic E-state index is 11.5. The topological polar surface area (TPSA) is 46.5 Å². The van der Waals surface area contributed by atoms with Crippen LogP contribution in [0.5, 0.6) is 0 Å². The number of hydrogen-bond acceptors (Lipinski definition) is 3. The zero-order chi connectivity index (χ0) is 17.1. The largest absolute Gasteiger partial charge is 0.462 e. The van der Waals surface area contributed by atoms with Crippen LogP contribution >= 0.6 is 0 Å². The normalized spacial score (nSPS) is 49.0. The van der Waals surface area contributed by atoms with Gasteiger partial charge in [0.25, 0.3) is 0 Å². The Hall–Kier alpha value is -1.35. The van der Waals surface area contributed by atoms with Gasteiger partial charge in [0.05, 0.1) is 6.10 Å². The molecule has 0 aromatic rings. The van der Waals surface area contributed by atoms with Gasteiger partial charge in [0.15, 0.2) is 0 Å². The van der Waals surface area contributed by atoms with Gasteiger partial charge in [0.2, 0.25) is 0 Å². The first kappa shape index (κ1) is 16.1. The minimum Gasteiger partial charge on any atom is -0.462 e. The van der Waals surface area contributed by atoms with Gasteiger partial charge in [0.1, 0.15) is 6.10 Å². The molecule has 3 heteroatoms. The lowest BCUT2D eigenvalue weighted by molar-refractivity contribution is -0.155. The summed E-state index contributed by atoms with van der Waals surface area (Å²) in [6.07, 6.45) is 14.8. The average molecular weight is 328 g/mol. The minimum absolute atomic E-state index is 0.0273. The van der Waals surface area contributed by atoms with Crippen molar-refractivity contribution in [1.82, 2.24) is 0 Å². The molecule has 2 saturated carbocycles. The third-order valence-electron chi connectivity index (χ3n) is 7.43. The number of rotatable bonds is 1. The Bertz CT molecular complexity index is 645. The summed E-state index contributed by atoms with van der Waals surface area (Å²) in [5.74, 6) is 1.54. The van der Waals surface area contributed by atoms with Crippen molar-refractivity contribution in [2.24, 2.45) is 28.6 Å². The monoisotopic (exact) mass is 328 g/mol. The van der Waals surface area contributed by atoms with Crippen LogP contribution in [0.1, 0.15) is 46.5 Å². The number of carbonyl (C=O) groups is 1. The van der Waals surface area contributed by atoms with Crippen molar-refractivity contribution in [1.29, 1.82) is 0 Å². The van der Waals surface area contributed by atoms with Crippen molar-refractivity contribution >= 4 is 5.97 Å². The van der Waals surface area contributed by atoms with Gasteiger partial charge in [-0.1, -0.05) is 38.2 Å². The van der Waals surface area contributed by atoms with Gasteiger partial charge < -0.3 is 9.84 Å². The number of carbonyl (C=O) groups excluding carboxylic acids is 1. The van der Waals surface area contributed by atoms with Crippen molar-refractivity contribution in [2.75, 3.05) is 0 Å². The molecule has 4 aliphatic rings. The summed E-state index contributed by atoms with van der Waals surface area (Å²) in [6, 6.07) is 0. The lowest BCUT2D eigenvalue weighted by Crippen LogP contribution is -2.49. The van der Waals surface area contributed by atoms with Crippen molar-refractivity contribution in [3.63, 3.8) is 0 Å². The van der Waals surface area contributed by atoms with Gasteiger partial charge in [-0.25, -0.2) is 0 Å². The molecule has 130 valence electrons. The van der Waals surface area contributed by atoms with E-state index in [2.05, 4.69) is 32.1 Å². The number of aliphatic hydroxyl groups excluding tert-OH is 1. The summed E-state index contributed by atoms with van der Waals surface area (Å²) in [7, 11) is 0. The van der Waals surface area contributed by atoms with Crippen molar-refractivity contribution < 1.29 is 14.6 Å². The zero-order valence-corrected chi connectivity index (χ0v) is 14.9. The molecule has 0 aliphatic heterocycles. The number of fused-ring (bicyclic) bond motifs is 5. The highest BCUT2D eigenvalue weighted by molar-refractivity contribution is 5.66. The molecule has 0 radical (unpaired) electrons. The third-order valence-corrected chi connectivity index (χ3v) is 7.43. The Kier molecular flexibility index (Phi) is 3.58. The van der Waals surface area contributed by atoms with Crippen molar-refractivity contribution in [3.05, 3.63) is 36.0 Å². The lowest BCUT2D eigenvalue weighted by atomic mass is 9.50. The maximum absolute atomic E-state index is 11.5. The Morgan fingerprint density at radius 2 is 2.00 bits per heavy atom. The fourth-order valence-corrected chi connectivity index (χ4v) is 6.11. The third kappa shape index (κ3) is 2.17. The second kappa shape index (κ2) is 5.32. The smallest absolute Gasteiger partial charge is 0.302 e. The van der Waals surface area contributed by atoms with Crippen LogP contribution in [-0.2, 0) is 9.53 Å². The van der Waals surface area contributed by atoms with Crippen LogP contribution < -0.4 is 0 Å². The quantitative estimate of drug-likeness (QED) is 0.588. The van der Waals surface area contributed by atoms with Gasteiger partial charge in [0, 0.05) is 17.8 Å². The van der Waals surface area contributed by atoms with Crippen molar-refractivity contribution in [2.45, 2.75) is 58.7 Å². The Balaban J connectivity index is 1.67. The molecular weight excluding hydrogens is 300 g/mol. The van der Waals surface area contributed by atoms with Crippen LogP contribution in [0, 0.1) is 28.6 Å². The van der Waals surface area contributed by atoms with Crippen LogP contribution in [0.2, 0.25) is 0 Å². The highest BCUT2D eigenvalue weighted by atomic mass is 16.5. The molecule has 0 aromatic heterocycles. The SMILES string of the molecule is CC(=O)OC1CC[C@H]2[C@@H]3C=CC4=CC(O)C=C[C@]4(C)[C@H]3CC[C@]12C. The van der Waals surface area contributed by atoms with Crippen LogP contribution in [0.15, 0.2) is 36.0 Å². The van der Waals surface area contributed by atoms with Gasteiger partial charge in [-0.05, 0) is 55.1 Å². The molecule has 4 rings (SSSR count). The van der Waals surface area contributed by atoms with E-state index in [0.717, 1.165) is 25.7 Å². The first-order valence-corrected chi connectivity index (χ1v) is 9.30. The Morgan fingerprint density at radius 3 is 2.75 bits per heavy atom. The standard InChI is InChI=1S/C21H28O3/c1-13(22)24-19-7-6-17-16-5-4-14-12-15(23)8-10-20(14,2)18(16)9-11-21(17,19)3/h4-5,8,10,12,15-19,23H,6-7,9,11H2,1-3H3/t15?,16-,17-,18-,19?,20-,21-/m0/s1. The van der Waals surface area contributed by atoms with Crippen LogP contribution in [0.25, 0.3) is 0 Å². The molecule has 0 bridgehead atoms. The molecule has 0 aromatic carbocycles. The summed E-state index contributed by atoms with van der Waals surface area (Å²) in [5, 5.41) is 9.92. The summed E-state index contributed by atoms with van der Waals surface area (Å²) in [6.45, 7) is 6.18. The van der Waals surface area contributed by atoms with E-state index in [9.17, 15) is 9.90 Å². The average Bonchev–Trinajstić information content (AvgIpc) is 2.84. The Morgan fingerprint density at radius 1 is 1.21 bits per heavy atom. The number of ether oxygens (including phenoxy) is 1. The van der Waals surface area contributed by atoms with Crippen molar-refractivity contribution in [3.8, 4) is 0 Å². The predicted molar refractivity (Wildman–Crippen MR) is 93.1 cm³/mol. The second-order valence-corrected chi connectivity index (χ2v) is 8.62. The van der Waals surface area contributed by atoms with Gasteiger partial charge in [-0.2, -0.15) is 0 Å². The molecule has 2 fully saturated rings. The molecule has 2 unspecified atom stereocenters. The van der Waals surface area contributed by atoms with E-state index in [4.69, 9.17) is 4.74 Å². The molecule has 24 heavy (non-hydrogen) atoms. The first-order chi connectivity index (χ1) is 11.3. The highest BCUT2D eigenvalue weighted by Crippen LogP contribution is 2.63. The summed E-state index contributed by atoms with van der Waals surface area (Å²) in [4.78, 5) is 11.5. The molecule has 0 spiro atoms. The second-order valence-electron chi connectivity index (χ2n) is 8.62. The predicted octanol–water partition coefficient (Wildman–Crippen LogP) is 3.79. The number of hydrogen-bond donors (Lipinski definition) is 1. The molecule has 0 amide bonds. The van der Waals surface area contributed by atoms with E-state index in [1.165, 1.54) is 12.5 Å². The summed E-state index contributed by atoms with van der Waals surface area (Å²) >= 11 is 0. The first-order valence-electron chi connectivity index (χ1n) is 9.30. The molecular formula is C21H28O3. The fourth-order valence-electron chi connectivity index (χ4n) is 6.11. The van der Waals surface area contributed by atoms with E-state index in [-0.39, 0.29) is 22.9 Å². The molecule has 3 nitrogen and oxygen atoms in total. The fraction of sp³-hybridized carbons (Fsp3) is 0.667. The summed E-state index contributed by atoms with van der Waals surface area (Å²) < 4.78 is 5.69. The van der Waals surface area contributed by atoms with E-state index < -0.39 is 6.10 Å². The molecule has 0 heterocycles.